The van der Waals surface area contributed by atoms with Gasteiger partial charge in [-0.25, -0.2) is 4.98 Å². The number of anilines is 1. The Kier molecular flexibility index (Phi) is 4.80. The maximum absolute atomic E-state index is 11.0. The molecule has 1 aromatic rings. The molecule has 0 saturated carbocycles. The summed E-state index contributed by atoms with van der Waals surface area (Å²) >= 11 is 0. The summed E-state index contributed by atoms with van der Waals surface area (Å²) < 4.78 is 4.77. The van der Waals surface area contributed by atoms with Crippen molar-refractivity contribution in [3.05, 3.63) is 23.9 Å². The van der Waals surface area contributed by atoms with Crippen molar-refractivity contribution >= 4 is 11.8 Å². The number of ether oxygens (including phenoxy) is 1. The Labute approximate surface area is 94.1 Å². The Morgan fingerprint density at radius 1 is 1.69 bits per heavy atom. The van der Waals surface area contributed by atoms with Gasteiger partial charge in [0.25, 0.3) is 0 Å². The maximum atomic E-state index is 11.0. The van der Waals surface area contributed by atoms with E-state index in [1.165, 1.54) is 0 Å². The number of carbonyl (C=O) groups is 1. The van der Waals surface area contributed by atoms with E-state index in [-0.39, 0.29) is 12.4 Å². The molecule has 0 aromatic carbocycles. The van der Waals surface area contributed by atoms with E-state index in [1.54, 1.807) is 25.3 Å². The summed E-state index contributed by atoms with van der Waals surface area (Å²) in [7, 11) is 0. The minimum absolute atomic E-state index is 0.244. The predicted molar refractivity (Wildman–Crippen MR) is 58.7 cm³/mol. The van der Waals surface area contributed by atoms with Gasteiger partial charge in [-0.15, -0.1) is 0 Å². The van der Waals surface area contributed by atoms with Crippen molar-refractivity contribution in [1.82, 2.24) is 4.98 Å². The summed E-state index contributed by atoms with van der Waals surface area (Å²) in [6.45, 7) is 2.60. The number of carbonyl (C=O) groups excluding carboxylic acids is 1. The highest BCUT2D eigenvalue weighted by molar-refractivity contribution is 5.69. The van der Waals surface area contributed by atoms with Gasteiger partial charge in [-0.1, -0.05) is 0 Å². The van der Waals surface area contributed by atoms with Crippen molar-refractivity contribution in [2.75, 3.05) is 18.5 Å². The van der Waals surface area contributed by atoms with Crippen molar-refractivity contribution in [2.24, 2.45) is 0 Å². The normalized spacial score (nSPS) is 9.25. The molecule has 1 N–H and O–H groups in total. The average Bonchev–Trinajstić information content (AvgIpc) is 2.30. The fourth-order valence-electron chi connectivity index (χ4n) is 1.12. The summed E-state index contributed by atoms with van der Waals surface area (Å²) in [6, 6.07) is 5.27. The van der Waals surface area contributed by atoms with E-state index in [0.717, 1.165) is 0 Å². The van der Waals surface area contributed by atoms with Crippen molar-refractivity contribution in [2.45, 2.75) is 13.3 Å². The Morgan fingerprint density at radius 2 is 2.50 bits per heavy atom. The number of nitrogens with zero attached hydrogens (tertiary/aromatic N) is 2. The first-order chi connectivity index (χ1) is 7.76. The molecule has 1 aromatic heterocycles. The summed E-state index contributed by atoms with van der Waals surface area (Å²) in [5.41, 5.74) is 0.536. The Hall–Kier alpha value is -2.09. The molecule has 1 rings (SSSR count). The molecule has 0 spiro atoms. The van der Waals surface area contributed by atoms with Gasteiger partial charge >= 0.3 is 5.97 Å². The van der Waals surface area contributed by atoms with Crippen LogP contribution in [0.25, 0.3) is 0 Å². The highest BCUT2D eigenvalue weighted by Gasteiger charge is 2.01. The second kappa shape index (κ2) is 6.40. The van der Waals surface area contributed by atoms with Crippen LogP contribution in [0.3, 0.4) is 0 Å². The monoisotopic (exact) mass is 219 g/mol. The van der Waals surface area contributed by atoms with Crippen LogP contribution in [0.2, 0.25) is 0 Å². The minimum atomic E-state index is -0.244. The third-order valence-electron chi connectivity index (χ3n) is 1.83. The third kappa shape index (κ3) is 3.96. The van der Waals surface area contributed by atoms with Gasteiger partial charge in [-0.3, -0.25) is 4.79 Å². The lowest BCUT2D eigenvalue weighted by Gasteiger charge is -2.05. The van der Waals surface area contributed by atoms with Crippen LogP contribution in [-0.2, 0) is 9.53 Å². The molecule has 5 heteroatoms. The Bertz CT molecular complexity index is 398. The zero-order valence-electron chi connectivity index (χ0n) is 9.06. The maximum Gasteiger partial charge on any atom is 0.307 e. The number of aromatic nitrogens is 1. The predicted octanol–water partition coefficient (Wildman–Crippen LogP) is 1.32. The fourth-order valence-corrected chi connectivity index (χ4v) is 1.12. The molecule has 0 bridgehead atoms. The molecule has 0 atom stereocenters. The van der Waals surface area contributed by atoms with E-state index >= 15 is 0 Å². The molecule has 0 aliphatic rings. The third-order valence-corrected chi connectivity index (χ3v) is 1.83. The molecule has 0 saturated heterocycles. The van der Waals surface area contributed by atoms with Crippen molar-refractivity contribution in [3.63, 3.8) is 0 Å². The van der Waals surface area contributed by atoms with Gasteiger partial charge in [0.2, 0.25) is 0 Å². The van der Waals surface area contributed by atoms with Gasteiger partial charge in [-0.2, -0.15) is 5.26 Å². The van der Waals surface area contributed by atoms with Crippen LogP contribution in [0.5, 0.6) is 0 Å². The molecular weight excluding hydrogens is 206 g/mol. The average molecular weight is 219 g/mol. The number of nitriles is 1. The van der Waals surface area contributed by atoms with E-state index in [2.05, 4.69) is 10.3 Å². The van der Waals surface area contributed by atoms with Crippen LogP contribution in [-0.4, -0.2) is 24.1 Å². The summed E-state index contributed by atoms with van der Waals surface area (Å²) in [5.74, 6) is 0.342. The largest absolute Gasteiger partial charge is 0.466 e. The van der Waals surface area contributed by atoms with E-state index in [0.29, 0.717) is 24.5 Å². The number of esters is 1. The van der Waals surface area contributed by atoms with Crippen molar-refractivity contribution in [3.8, 4) is 6.07 Å². The smallest absolute Gasteiger partial charge is 0.307 e. The van der Waals surface area contributed by atoms with Crippen LogP contribution < -0.4 is 5.32 Å². The topological polar surface area (TPSA) is 75.0 Å². The quantitative estimate of drug-likeness (QED) is 0.756. The minimum Gasteiger partial charge on any atom is -0.466 e. The lowest BCUT2D eigenvalue weighted by atomic mass is 10.3. The van der Waals surface area contributed by atoms with Gasteiger partial charge in [0, 0.05) is 12.7 Å². The van der Waals surface area contributed by atoms with Crippen LogP contribution in [0.4, 0.5) is 5.82 Å². The summed E-state index contributed by atoms with van der Waals surface area (Å²) in [4.78, 5) is 15.0. The molecule has 0 amide bonds. The zero-order chi connectivity index (χ0) is 11.8. The number of hydrogen-bond donors (Lipinski definition) is 1. The highest BCUT2D eigenvalue weighted by Crippen LogP contribution is 2.05. The SMILES string of the molecule is CCOC(=O)CCNc1cc(C#N)ccn1. The highest BCUT2D eigenvalue weighted by atomic mass is 16.5. The molecule has 0 fully saturated rings. The zero-order valence-corrected chi connectivity index (χ0v) is 9.06. The lowest BCUT2D eigenvalue weighted by molar-refractivity contribution is -0.142. The lowest BCUT2D eigenvalue weighted by Crippen LogP contribution is -2.11. The van der Waals surface area contributed by atoms with Crippen LogP contribution in [0.15, 0.2) is 18.3 Å². The first-order valence-electron chi connectivity index (χ1n) is 5.02. The molecular formula is C11H13N3O2. The Morgan fingerprint density at radius 3 is 3.19 bits per heavy atom. The van der Waals surface area contributed by atoms with E-state index in [4.69, 9.17) is 10.00 Å². The first-order valence-corrected chi connectivity index (χ1v) is 5.02. The first kappa shape index (κ1) is 12.0. The van der Waals surface area contributed by atoms with Crippen LogP contribution in [0, 0.1) is 11.3 Å². The van der Waals surface area contributed by atoms with Gasteiger partial charge < -0.3 is 10.1 Å². The van der Waals surface area contributed by atoms with Crippen molar-refractivity contribution in [1.29, 1.82) is 5.26 Å². The van der Waals surface area contributed by atoms with E-state index in [9.17, 15) is 4.79 Å². The molecule has 0 radical (unpaired) electrons. The summed E-state index contributed by atoms with van der Waals surface area (Å²) in [6.07, 6.45) is 1.83. The molecule has 0 aliphatic carbocycles. The number of pyridine rings is 1. The molecule has 0 unspecified atom stereocenters. The second-order valence-electron chi connectivity index (χ2n) is 3.02. The standard InChI is InChI=1S/C11H13N3O2/c1-2-16-11(15)4-6-14-10-7-9(8-12)3-5-13-10/h3,5,7H,2,4,6H2,1H3,(H,13,14). The van der Waals surface area contributed by atoms with Crippen LogP contribution >= 0.6 is 0 Å². The van der Waals surface area contributed by atoms with E-state index < -0.39 is 0 Å². The molecule has 16 heavy (non-hydrogen) atoms. The van der Waals surface area contributed by atoms with Gasteiger partial charge in [0.05, 0.1) is 24.7 Å². The van der Waals surface area contributed by atoms with Crippen LogP contribution in [0.1, 0.15) is 18.9 Å². The second-order valence-corrected chi connectivity index (χ2v) is 3.02. The van der Waals surface area contributed by atoms with Gasteiger partial charge in [-0.05, 0) is 19.1 Å². The van der Waals surface area contributed by atoms with Gasteiger partial charge in [0.1, 0.15) is 5.82 Å². The van der Waals surface area contributed by atoms with Crippen molar-refractivity contribution < 1.29 is 9.53 Å². The van der Waals surface area contributed by atoms with Gasteiger partial charge in [0.15, 0.2) is 0 Å². The number of hydrogen-bond acceptors (Lipinski definition) is 5. The molecule has 84 valence electrons. The summed E-state index contributed by atoms with van der Waals surface area (Å²) in [5, 5.41) is 11.6. The molecule has 1 heterocycles. The number of rotatable bonds is 5. The molecule has 0 aliphatic heterocycles. The van der Waals surface area contributed by atoms with E-state index in [1.807, 2.05) is 6.07 Å². The fraction of sp³-hybridized carbons (Fsp3) is 0.364. The number of nitrogens with one attached hydrogen (secondary N) is 1. The molecule has 5 nitrogen and oxygen atoms in total. The Balaban J connectivity index is 2.37.